The number of hydrogen-bond acceptors (Lipinski definition) is 8. The molecule has 4 heterocycles. The zero-order valence-electron chi connectivity index (χ0n) is 22.5. The summed E-state index contributed by atoms with van der Waals surface area (Å²) >= 11 is 0. The molecule has 5 rings (SSSR count). The van der Waals surface area contributed by atoms with Crippen molar-refractivity contribution >= 4 is 23.2 Å². The highest BCUT2D eigenvalue weighted by atomic mass is 19.4. The highest BCUT2D eigenvalue weighted by Gasteiger charge is 2.36. The number of carbonyl (C=O) groups is 1. The van der Waals surface area contributed by atoms with Crippen molar-refractivity contribution in [3.8, 4) is 11.1 Å². The molecule has 0 aliphatic carbocycles. The normalized spacial score (nSPS) is 18.0. The minimum Gasteiger partial charge on any atom is -0.378 e. The number of hydrogen-bond donors (Lipinski definition) is 2. The average Bonchev–Trinajstić information content (AvgIpc) is 2.95. The zero-order valence-corrected chi connectivity index (χ0v) is 22.5. The van der Waals surface area contributed by atoms with Crippen LogP contribution in [0.2, 0.25) is 0 Å². The number of anilines is 3. The number of pyridine rings is 1. The van der Waals surface area contributed by atoms with Gasteiger partial charge in [0.1, 0.15) is 5.82 Å². The predicted octanol–water partition coefficient (Wildman–Crippen LogP) is 2.89. The van der Waals surface area contributed by atoms with E-state index in [-0.39, 0.29) is 17.3 Å². The highest BCUT2D eigenvalue weighted by Crippen LogP contribution is 2.36. The van der Waals surface area contributed by atoms with E-state index in [2.05, 4.69) is 20.6 Å². The number of ether oxygens (including phenoxy) is 1. The van der Waals surface area contributed by atoms with E-state index in [4.69, 9.17) is 4.74 Å². The molecular weight excluding hydrogens is 546 g/mol. The van der Waals surface area contributed by atoms with Crippen molar-refractivity contribution in [1.82, 2.24) is 19.9 Å². The number of nitrogens with zero attached hydrogens (tertiary/aromatic N) is 5. The Morgan fingerprint density at radius 1 is 1.10 bits per heavy atom. The molecule has 2 aromatic heterocycles. The van der Waals surface area contributed by atoms with Gasteiger partial charge in [0.2, 0.25) is 5.95 Å². The van der Waals surface area contributed by atoms with E-state index in [1.807, 2.05) is 16.7 Å². The van der Waals surface area contributed by atoms with Crippen LogP contribution in [0.3, 0.4) is 0 Å². The Kier molecular flexibility index (Phi) is 7.95. The lowest BCUT2D eigenvalue weighted by molar-refractivity contribution is -0.138. The van der Waals surface area contributed by atoms with E-state index < -0.39 is 34.6 Å². The van der Waals surface area contributed by atoms with Gasteiger partial charge in [-0.05, 0) is 19.1 Å². The third-order valence-electron chi connectivity index (χ3n) is 7.06. The maximum absolute atomic E-state index is 15.6. The third-order valence-corrected chi connectivity index (χ3v) is 7.06. The molecule has 0 bridgehead atoms. The van der Waals surface area contributed by atoms with Crippen LogP contribution in [0.5, 0.6) is 0 Å². The van der Waals surface area contributed by atoms with Crippen LogP contribution < -0.4 is 26.0 Å². The van der Waals surface area contributed by atoms with Crippen molar-refractivity contribution < 1.29 is 27.1 Å². The molecule has 2 saturated heterocycles. The van der Waals surface area contributed by atoms with E-state index in [0.29, 0.717) is 69.2 Å². The van der Waals surface area contributed by atoms with Crippen molar-refractivity contribution in [2.45, 2.75) is 19.1 Å². The lowest BCUT2D eigenvalue weighted by Crippen LogP contribution is -2.49. The van der Waals surface area contributed by atoms with Gasteiger partial charge in [0, 0.05) is 81.6 Å². The Bertz CT molecular complexity index is 1490. The Hall–Kier alpha value is -4.04. The molecule has 0 spiro atoms. The zero-order chi connectivity index (χ0) is 29.3. The van der Waals surface area contributed by atoms with Crippen molar-refractivity contribution in [2.75, 3.05) is 61.1 Å². The fourth-order valence-corrected chi connectivity index (χ4v) is 4.92. The first-order valence-corrected chi connectivity index (χ1v) is 13.1. The Labute approximate surface area is 233 Å². The molecule has 41 heavy (non-hydrogen) atoms. The Balaban J connectivity index is 1.54. The summed E-state index contributed by atoms with van der Waals surface area (Å²) in [5, 5.41) is 5.83. The van der Waals surface area contributed by atoms with Crippen LogP contribution in [-0.2, 0) is 18.0 Å². The summed E-state index contributed by atoms with van der Waals surface area (Å²) in [6.07, 6.45) is -1.17. The van der Waals surface area contributed by atoms with Gasteiger partial charge in [0.25, 0.3) is 11.5 Å². The number of nitrogens with one attached hydrogen (secondary N) is 2. The summed E-state index contributed by atoms with van der Waals surface area (Å²) in [4.78, 5) is 37.8. The number of aromatic nitrogens is 3. The SMILES string of the molecule is C[C@H]1CN(c2cc(F)c(-c3cnc(N4CCOCC4)nc3)cc2NC(=O)c2cn(C)c(=O)cc2C(F)(F)F)CCN1. The Morgan fingerprint density at radius 2 is 1.80 bits per heavy atom. The van der Waals surface area contributed by atoms with Crippen LogP contribution >= 0.6 is 0 Å². The maximum atomic E-state index is 15.6. The summed E-state index contributed by atoms with van der Waals surface area (Å²) < 4.78 is 63.1. The lowest BCUT2D eigenvalue weighted by Gasteiger charge is -2.35. The molecule has 0 saturated carbocycles. The number of aryl methyl sites for hydroxylation is 1. The molecule has 1 aromatic carbocycles. The van der Waals surface area contributed by atoms with Crippen molar-refractivity contribution in [2.24, 2.45) is 7.05 Å². The van der Waals surface area contributed by atoms with Crippen molar-refractivity contribution in [3.63, 3.8) is 0 Å². The van der Waals surface area contributed by atoms with E-state index >= 15 is 4.39 Å². The highest BCUT2D eigenvalue weighted by molar-refractivity contribution is 6.07. The molecule has 1 amide bonds. The minimum atomic E-state index is -4.94. The summed E-state index contributed by atoms with van der Waals surface area (Å²) in [7, 11) is 1.25. The summed E-state index contributed by atoms with van der Waals surface area (Å²) in [5.41, 5.74) is -2.18. The predicted molar refractivity (Wildman–Crippen MR) is 145 cm³/mol. The number of piperazine rings is 1. The van der Waals surface area contributed by atoms with Gasteiger partial charge in [-0.25, -0.2) is 14.4 Å². The first kappa shape index (κ1) is 28.5. The molecule has 0 unspecified atom stereocenters. The first-order valence-electron chi connectivity index (χ1n) is 13.1. The standard InChI is InChI=1S/C27H29F4N7O3/c1-16-14-38(4-3-32-16)23-11-21(28)18(17-12-33-26(34-13-17)37-5-7-41-8-6-37)9-22(23)35-25(40)19-15-36(2)24(39)10-20(19)27(29,30)31/h9-13,15-16,32H,3-8,14H2,1-2H3,(H,35,40)/t16-/m0/s1. The van der Waals surface area contributed by atoms with Gasteiger partial charge in [-0.3, -0.25) is 9.59 Å². The van der Waals surface area contributed by atoms with Crippen molar-refractivity contribution in [3.05, 3.63) is 64.1 Å². The van der Waals surface area contributed by atoms with Gasteiger partial charge in [-0.1, -0.05) is 0 Å². The van der Waals surface area contributed by atoms with Gasteiger partial charge in [0.15, 0.2) is 0 Å². The second-order valence-electron chi connectivity index (χ2n) is 10.0. The molecule has 218 valence electrons. The molecular formula is C27H29F4N7O3. The van der Waals surface area contributed by atoms with Gasteiger partial charge >= 0.3 is 6.18 Å². The summed E-state index contributed by atoms with van der Waals surface area (Å²) in [6.45, 7) is 5.82. The topological polar surface area (TPSA) is 105 Å². The maximum Gasteiger partial charge on any atom is 0.417 e. The number of alkyl halides is 3. The van der Waals surface area contributed by atoms with Crippen LogP contribution in [0.4, 0.5) is 34.9 Å². The molecule has 10 nitrogen and oxygen atoms in total. The molecule has 1 atom stereocenters. The molecule has 2 fully saturated rings. The van der Waals surface area contributed by atoms with Gasteiger partial charge in [0.05, 0.1) is 35.7 Å². The summed E-state index contributed by atoms with van der Waals surface area (Å²) in [5.74, 6) is -1.23. The minimum absolute atomic E-state index is 0.0525. The van der Waals surface area contributed by atoms with Crippen LogP contribution in [0.1, 0.15) is 22.8 Å². The lowest BCUT2D eigenvalue weighted by atomic mass is 10.0. The number of benzene rings is 1. The number of halogens is 4. The smallest absolute Gasteiger partial charge is 0.378 e. The van der Waals surface area contributed by atoms with Crippen molar-refractivity contribution in [1.29, 1.82) is 0 Å². The van der Waals surface area contributed by atoms with Gasteiger partial charge < -0.3 is 29.7 Å². The molecule has 2 N–H and O–H groups in total. The van der Waals surface area contributed by atoms with E-state index in [1.165, 1.54) is 31.6 Å². The van der Waals surface area contributed by atoms with Crippen LogP contribution in [-0.4, -0.2) is 72.4 Å². The van der Waals surface area contributed by atoms with Gasteiger partial charge in [-0.15, -0.1) is 0 Å². The molecule has 2 aliphatic rings. The quantitative estimate of drug-likeness (QED) is 0.448. The summed E-state index contributed by atoms with van der Waals surface area (Å²) in [6, 6.07) is 3.07. The van der Waals surface area contributed by atoms with Crippen LogP contribution in [0.25, 0.3) is 11.1 Å². The molecule has 0 radical (unpaired) electrons. The van der Waals surface area contributed by atoms with Gasteiger partial charge in [-0.2, -0.15) is 13.2 Å². The molecule has 2 aliphatic heterocycles. The number of rotatable bonds is 5. The van der Waals surface area contributed by atoms with E-state index in [9.17, 15) is 22.8 Å². The monoisotopic (exact) mass is 575 g/mol. The largest absolute Gasteiger partial charge is 0.417 e. The molecule has 3 aromatic rings. The van der Waals surface area contributed by atoms with E-state index in [1.54, 1.807) is 0 Å². The van der Waals surface area contributed by atoms with Crippen LogP contribution in [0, 0.1) is 5.82 Å². The number of amides is 1. The Morgan fingerprint density at radius 3 is 2.46 bits per heavy atom. The van der Waals surface area contributed by atoms with Crippen LogP contribution in [0.15, 0.2) is 41.6 Å². The fourth-order valence-electron chi connectivity index (χ4n) is 4.92. The number of carbonyl (C=O) groups excluding carboxylic acids is 1. The average molecular weight is 576 g/mol. The van der Waals surface area contributed by atoms with E-state index in [0.717, 1.165) is 10.8 Å². The fraction of sp³-hybridized carbons (Fsp3) is 0.407. The second kappa shape index (κ2) is 11.4. The molecule has 14 heteroatoms. The second-order valence-corrected chi connectivity index (χ2v) is 10.0. The number of morpholine rings is 1. The first-order chi connectivity index (χ1) is 19.5. The third kappa shape index (κ3) is 6.17.